The molecule has 0 unspecified atom stereocenters. The third kappa shape index (κ3) is 8.05. The molecule has 6 aromatic rings. The first-order valence-corrected chi connectivity index (χ1v) is 19.0. The third-order valence-electron chi connectivity index (χ3n) is 9.83. The van der Waals surface area contributed by atoms with E-state index in [0.717, 1.165) is 60.1 Å². The number of nitrogens with two attached hydrogens (primary N) is 2. The monoisotopic (exact) mass is 747 g/mol. The molecule has 4 aromatic heterocycles. The van der Waals surface area contributed by atoms with Gasteiger partial charge in [0, 0.05) is 42.9 Å². The number of rotatable bonds is 18. The van der Waals surface area contributed by atoms with Crippen molar-refractivity contribution in [3.63, 3.8) is 0 Å². The first-order valence-electron chi connectivity index (χ1n) is 19.0. The quantitative estimate of drug-likeness (QED) is 0.0752. The van der Waals surface area contributed by atoms with Gasteiger partial charge in [-0.2, -0.15) is 10.2 Å². The van der Waals surface area contributed by atoms with Gasteiger partial charge < -0.3 is 20.6 Å². The van der Waals surface area contributed by atoms with Gasteiger partial charge in [0.05, 0.1) is 39.9 Å². The van der Waals surface area contributed by atoms with E-state index in [4.69, 9.17) is 16.5 Å². The number of fused-ring (bicyclic) bond motifs is 2. The number of nitrogens with one attached hydrogen (secondary N) is 1. The average molecular weight is 748 g/mol. The van der Waals surface area contributed by atoms with Crippen LogP contribution in [0.25, 0.3) is 22.1 Å². The topological polar surface area (TPSA) is 204 Å². The van der Waals surface area contributed by atoms with Crippen LogP contribution < -0.4 is 16.8 Å². The molecule has 15 heteroatoms. The van der Waals surface area contributed by atoms with E-state index in [1.54, 1.807) is 39.7 Å². The number of unbranched alkanes of at least 4 members (excludes halogenated alkanes) is 2. The Kier molecular flexibility index (Phi) is 11.6. The van der Waals surface area contributed by atoms with Gasteiger partial charge in [-0.15, -0.1) is 0 Å². The zero-order valence-electron chi connectivity index (χ0n) is 32.2. The number of anilines is 1. The van der Waals surface area contributed by atoms with Crippen molar-refractivity contribution in [2.45, 2.75) is 106 Å². The SMILES string of the molecule is CCCn1c(CC(=O)c2cc(C)nn2CCCCCc2c(C)nn(CC)c2C(=O)Nc2nc3cc(C(N)=O)ccc3n2CCC)nc2cc(C(N)=O)ccc21. The molecule has 0 spiro atoms. The van der Waals surface area contributed by atoms with Crippen LogP contribution in [0.15, 0.2) is 42.5 Å². The van der Waals surface area contributed by atoms with Crippen molar-refractivity contribution in [3.05, 3.63) is 87.8 Å². The number of carbonyl (C=O) groups excluding carboxylic acids is 4. The van der Waals surface area contributed by atoms with Gasteiger partial charge in [0.15, 0.2) is 5.78 Å². The number of nitrogens with zero attached hydrogens (tertiary/aromatic N) is 8. The van der Waals surface area contributed by atoms with Crippen LogP contribution in [0.4, 0.5) is 5.95 Å². The number of benzene rings is 2. The number of ketones is 1. The highest BCUT2D eigenvalue weighted by Crippen LogP contribution is 2.25. The fourth-order valence-corrected chi connectivity index (χ4v) is 7.25. The van der Waals surface area contributed by atoms with Crippen LogP contribution in [0.5, 0.6) is 0 Å². The zero-order chi connectivity index (χ0) is 39.4. The summed E-state index contributed by atoms with van der Waals surface area (Å²) in [6.45, 7) is 12.3. The molecule has 0 aliphatic rings. The number of Topliss-reactive ketones (excluding diaryl/α,β-unsaturated/α-hetero) is 1. The van der Waals surface area contributed by atoms with Crippen LogP contribution in [0.2, 0.25) is 0 Å². The molecule has 0 atom stereocenters. The van der Waals surface area contributed by atoms with Crippen LogP contribution >= 0.6 is 0 Å². The summed E-state index contributed by atoms with van der Waals surface area (Å²) >= 11 is 0. The Balaban J connectivity index is 1.12. The Labute approximate surface area is 319 Å². The lowest BCUT2D eigenvalue weighted by atomic mass is 10.0. The van der Waals surface area contributed by atoms with E-state index in [1.807, 2.05) is 49.0 Å². The van der Waals surface area contributed by atoms with Crippen LogP contribution in [0.1, 0.15) is 117 Å². The van der Waals surface area contributed by atoms with Crippen molar-refractivity contribution in [2.24, 2.45) is 11.5 Å². The van der Waals surface area contributed by atoms with Crippen molar-refractivity contribution in [3.8, 4) is 0 Å². The second-order valence-electron chi connectivity index (χ2n) is 13.9. The van der Waals surface area contributed by atoms with Crippen LogP contribution in [0, 0.1) is 13.8 Å². The summed E-state index contributed by atoms with van der Waals surface area (Å²) < 4.78 is 7.48. The molecular formula is C40H49N11O4. The number of carbonyl (C=O) groups is 4. The molecule has 5 N–H and O–H groups in total. The summed E-state index contributed by atoms with van der Waals surface area (Å²) in [5, 5.41) is 12.3. The number of aromatic nitrogens is 8. The normalized spacial score (nSPS) is 11.5. The van der Waals surface area contributed by atoms with Crippen molar-refractivity contribution >= 4 is 51.5 Å². The number of amides is 3. The lowest BCUT2D eigenvalue weighted by Crippen LogP contribution is -2.21. The number of hydrogen-bond acceptors (Lipinski definition) is 8. The number of primary amides is 2. The van der Waals surface area contributed by atoms with Crippen LogP contribution in [0.3, 0.4) is 0 Å². The fraction of sp³-hybridized carbons (Fsp3) is 0.400. The lowest BCUT2D eigenvalue weighted by molar-refractivity contribution is 0.0974. The molecule has 15 nitrogen and oxygen atoms in total. The maximum absolute atomic E-state index is 13.9. The highest BCUT2D eigenvalue weighted by Gasteiger charge is 2.24. The summed E-state index contributed by atoms with van der Waals surface area (Å²) in [6, 6.07) is 12.1. The van der Waals surface area contributed by atoms with Gasteiger partial charge in [-0.3, -0.25) is 33.9 Å². The van der Waals surface area contributed by atoms with E-state index in [-0.39, 0.29) is 18.1 Å². The van der Waals surface area contributed by atoms with Crippen molar-refractivity contribution in [2.75, 3.05) is 5.32 Å². The zero-order valence-corrected chi connectivity index (χ0v) is 32.2. The van der Waals surface area contributed by atoms with Crippen LogP contribution in [-0.4, -0.2) is 62.2 Å². The highest BCUT2D eigenvalue weighted by molar-refractivity contribution is 6.04. The van der Waals surface area contributed by atoms with E-state index in [2.05, 4.69) is 27.4 Å². The van der Waals surface area contributed by atoms with Gasteiger partial charge in [-0.1, -0.05) is 20.3 Å². The molecule has 0 saturated carbocycles. The van der Waals surface area contributed by atoms with Crippen molar-refractivity contribution in [1.29, 1.82) is 0 Å². The van der Waals surface area contributed by atoms with Gasteiger partial charge in [0.25, 0.3) is 5.91 Å². The van der Waals surface area contributed by atoms with E-state index in [9.17, 15) is 19.2 Å². The summed E-state index contributed by atoms with van der Waals surface area (Å²) in [5.74, 6) is -0.405. The minimum absolute atomic E-state index is 0.0811. The largest absolute Gasteiger partial charge is 0.366 e. The van der Waals surface area contributed by atoms with Gasteiger partial charge in [-0.05, 0) is 95.3 Å². The van der Waals surface area contributed by atoms with Gasteiger partial charge in [0.1, 0.15) is 17.2 Å². The minimum Gasteiger partial charge on any atom is -0.366 e. The second kappa shape index (κ2) is 16.5. The van der Waals surface area contributed by atoms with Crippen LogP contribution in [-0.2, 0) is 39.0 Å². The second-order valence-corrected chi connectivity index (χ2v) is 13.9. The van der Waals surface area contributed by atoms with Gasteiger partial charge in [0.2, 0.25) is 17.8 Å². The molecule has 0 fully saturated rings. The molecule has 2 aromatic carbocycles. The average Bonchev–Trinajstić information content (AvgIpc) is 3.89. The molecule has 6 rings (SSSR count). The maximum Gasteiger partial charge on any atom is 0.276 e. The molecule has 0 radical (unpaired) electrons. The summed E-state index contributed by atoms with van der Waals surface area (Å²) in [4.78, 5) is 60.6. The van der Waals surface area contributed by atoms with E-state index in [0.29, 0.717) is 77.9 Å². The summed E-state index contributed by atoms with van der Waals surface area (Å²) in [5.41, 5.74) is 18.1. The summed E-state index contributed by atoms with van der Waals surface area (Å²) in [6.07, 6.45) is 4.85. The Bertz CT molecular complexity index is 2410. The Morgan fingerprint density at radius 2 is 1.36 bits per heavy atom. The van der Waals surface area contributed by atoms with Gasteiger partial charge in [-0.25, -0.2) is 9.97 Å². The lowest BCUT2D eigenvalue weighted by Gasteiger charge is -2.12. The maximum atomic E-state index is 13.9. The van der Waals surface area contributed by atoms with E-state index in [1.165, 1.54) is 0 Å². The van der Waals surface area contributed by atoms with E-state index >= 15 is 0 Å². The molecule has 0 saturated heterocycles. The van der Waals surface area contributed by atoms with E-state index < -0.39 is 11.8 Å². The van der Waals surface area contributed by atoms with Crippen molar-refractivity contribution < 1.29 is 19.2 Å². The molecule has 0 aliphatic carbocycles. The summed E-state index contributed by atoms with van der Waals surface area (Å²) in [7, 11) is 0. The Hall–Kier alpha value is -6.12. The predicted octanol–water partition coefficient (Wildman–Crippen LogP) is 5.52. The van der Waals surface area contributed by atoms with Gasteiger partial charge >= 0.3 is 0 Å². The molecule has 3 amide bonds. The highest BCUT2D eigenvalue weighted by atomic mass is 16.2. The minimum atomic E-state index is -0.540. The fourth-order valence-electron chi connectivity index (χ4n) is 7.25. The first-order chi connectivity index (χ1) is 26.4. The number of hydrogen-bond donors (Lipinski definition) is 3. The Morgan fingerprint density at radius 3 is 2.00 bits per heavy atom. The molecule has 288 valence electrons. The molecule has 0 bridgehead atoms. The molecular weight excluding hydrogens is 699 g/mol. The first kappa shape index (κ1) is 38.6. The number of aryl methyl sites for hydroxylation is 6. The Morgan fingerprint density at radius 1 is 0.727 bits per heavy atom. The standard InChI is InChI=1S/C40H49N11O4/c1-6-17-48-31-15-13-26(37(41)53)21-29(31)43-35(48)23-34(52)33-20-24(4)46-51(33)19-11-9-10-12-28-25(5)47-50(8-3)36(28)39(55)45-40-44-30-22-27(38(42)54)14-16-32(30)49(40)18-7-2/h13-16,20-22H,6-12,17-19,23H2,1-5H3,(H2,41,53)(H2,42,54)(H,44,45,55). The smallest absolute Gasteiger partial charge is 0.276 e. The molecule has 55 heavy (non-hydrogen) atoms. The third-order valence-corrected chi connectivity index (χ3v) is 9.83. The van der Waals surface area contributed by atoms with Crippen molar-refractivity contribution in [1.82, 2.24) is 38.7 Å². The molecule has 4 heterocycles. The number of imidazole rings is 2. The molecule has 0 aliphatic heterocycles. The predicted molar refractivity (Wildman–Crippen MR) is 210 cm³/mol.